The number of aliphatic hydroxyl groups is 1. The molecule has 0 saturated carbocycles. The molecule has 0 aliphatic heterocycles. The van der Waals surface area contributed by atoms with Crippen LogP contribution in [0.15, 0.2) is 0 Å². The van der Waals surface area contributed by atoms with E-state index >= 15 is 0 Å². The van der Waals surface area contributed by atoms with Gasteiger partial charge in [-0.05, 0) is 25.3 Å². The first-order valence-electron chi connectivity index (χ1n) is 4.08. The number of aldehydes is 1. The summed E-state index contributed by atoms with van der Waals surface area (Å²) in [6, 6.07) is 0. The molecule has 0 aromatic rings. The Kier molecular flexibility index (Phi) is 6.07. The molecule has 66 valence electrons. The van der Waals surface area contributed by atoms with Crippen LogP contribution in [0.5, 0.6) is 0 Å². The van der Waals surface area contributed by atoms with Crippen LogP contribution in [0.25, 0.3) is 0 Å². The van der Waals surface area contributed by atoms with Gasteiger partial charge in [0.1, 0.15) is 12.4 Å². The highest BCUT2D eigenvalue weighted by atomic mass is 16.3. The van der Waals surface area contributed by atoms with Gasteiger partial charge in [0.05, 0.1) is 0 Å². The molecule has 2 atom stereocenters. The lowest BCUT2D eigenvalue weighted by Gasteiger charge is -2.13. The van der Waals surface area contributed by atoms with Crippen molar-refractivity contribution in [1.82, 2.24) is 0 Å². The average Bonchev–Trinajstić information content (AvgIpc) is 2.03. The van der Waals surface area contributed by atoms with Gasteiger partial charge < -0.3 is 15.6 Å². The van der Waals surface area contributed by atoms with Gasteiger partial charge in [-0.15, -0.1) is 0 Å². The molecular weight excluding hydrogens is 142 g/mol. The molecule has 0 bridgehead atoms. The lowest BCUT2D eigenvalue weighted by atomic mass is 9.97. The molecule has 0 spiro atoms. The zero-order valence-corrected chi connectivity index (χ0v) is 6.99. The first-order chi connectivity index (χ1) is 5.24. The summed E-state index contributed by atoms with van der Waals surface area (Å²) in [6.07, 6.45) is 2.29. The van der Waals surface area contributed by atoms with Crippen LogP contribution >= 0.6 is 0 Å². The third-order valence-corrected chi connectivity index (χ3v) is 1.76. The zero-order chi connectivity index (χ0) is 8.69. The maximum absolute atomic E-state index is 10.1. The van der Waals surface area contributed by atoms with Crippen LogP contribution in [0.2, 0.25) is 0 Å². The molecule has 3 heteroatoms. The van der Waals surface area contributed by atoms with E-state index in [1.54, 1.807) is 0 Å². The van der Waals surface area contributed by atoms with Crippen LogP contribution in [-0.2, 0) is 4.79 Å². The summed E-state index contributed by atoms with van der Waals surface area (Å²) in [6.45, 7) is 2.62. The fraction of sp³-hybridized carbons (Fsp3) is 0.875. The van der Waals surface area contributed by atoms with Crippen molar-refractivity contribution in [3.8, 4) is 0 Å². The lowest BCUT2D eigenvalue weighted by molar-refractivity contribution is -0.115. The van der Waals surface area contributed by atoms with Gasteiger partial charge in [0, 0.05) is 0 Å². The van der Waals surface area contributed by atoms with E-state index in [-0.39, 0.29) is 0 Å². The molecular formula is C8H17NO2. The van der Waals surface area contributed by atoms with Crippen LogP contribution in [-0.4, -0.2) is 24.0 Å². The van der Waals surface area contributed by atoms with E-state index in [0.29, 0.717) is 25.2 Å². The smallest absolute Gasteiger partial charge is 0.148 e. The fourth-order valence-corrected chi connectivity index (χ4v) is 1.14. The second-order valence-electron chi connectivity index (χ2n) is 2.83. The van der Waals surface area contributed by atoms with Crippen molar-refractivity contribution >= 4 is 6.29 Å². The third kappa shape index (κ3) is 4.93. The van der Waals surface area contributed by atoms with Gasteiger partial charge in [0.25, 0.3) is 0 Å². The minimum absolute atomic E-state index is 0.292. The highest BCUT2D eigenvalue weighted by Gasteiger charge is 2.10. The van der Waals surface area contributed by atoms with Gasteiger partial charge in [-0.1, -0.05) is 13.3 Å². The van der Waals surface area contributed by atoms with Gasteiger partial charge in [-0.25, -0.2) is 0 Å². The molecule has 0 aliphatic rings. The van der Waals surface area contributed by atoms with Crippen molar-refractivity contribution in [2.75, 3.05) is 6.54 Å². The van der Waals surface area contributed by atoms with E-state index in [1.165, 1.54) is 0 Å². The van der Waals surface area contributed by atoms with Gasteiger partial charge in [0.2, 0.25) is 0 Å². The normalized spacial score (nSPS) is 15.9. The Balaban J connectivity index is 3.57. The monoisotopic (exact) mass is 159 g/mol. The summed E-state index contributed by atoms with van der Waals surface area (Å²) in [5, 5.41) is 8.96. The first kappa shape index (κ1) is 10.6. The highest BCUT2D eigenvalue weighted by Crippen LogP contribution is 2.10. The Morgan fingerprint density at radius 3 is 2.64 bits per heavy atom. The molecule has 0 aromatic carbocycles. The van der Waals surface area contributed by atoms with Crippen LogP contribution in [0, 0.1) is 5.92 Å². The first-order valence-corrected chi connectivity index (χ1v) is 4.08. The Morgan fingerprint density at radius 2 is 2.27 bits per heavy atom. The summed E-state index contributed by atoms with van der Waals surface area (Å²) in [7, 11) is 0. The Morgan fingerprint density at radius 1 is 1.64 bits per heavy atom. The number of carbonyl (C=O) groups is 1. The minimum Gasteiger partial charge on any atom is -0.386 e. The van der Waals surface area contributed by atoms with Gasteiger partial charge >= 0.3 is 0 Å². The molecule has 3 N–H and O–H groups in total. The van der Waals surface area contributed by atoms with Crippen molar-refractivity contribution < 1.29 is 9.90 Å². The summed E-state index contributed by atoms with van der Waals surface area (Å²) in [5.41, 5.74) is 5.43. The molecule has 0 heterocycles. The van der Waals surface area contributed by atoms with Crippen LogP contribution in [0.1, 0.15) is 26.2 Å². The second-order valence-corrected chi connectivity index (χ2v) is 2.83. The standard InChI is InChI=1S/C8H17NO2/c1-2-3-7(5-9)4-8(11)6-10/h6-8,11H,2-5,9H2,1H3. The van der Waals surface area contributed by atoms with Crippen molar-refractivity contribution in [2.24, 2.45) is 11.7 Å². The van der Waals surface area contributed by atoms with Gasteiger partial charge in [0.15, 0.2) is 0 Å². The summed E-state index contributed by atoms with van der Waals surface area (Å²) >= 11 is 0. The quantitative estimate of drug-likeness (QED) is 0.548. The molecule has 0 aromatic heterocycles. The molecule has 0 aliphatic carbocycles. The summed E-state index contributed by atoms with van der Waals surface area (Å²) in [4.78, 5) is 10.1. The number of hydrogen-bond acceptors (Lipinski definition) is 3. The number of hydrogen-bond donors (Lipinski definition) is 2. The van der Waals surface area contributed by atoms with E-state index < -0.39 is 6.10 Å². The second kappa shape index (κ2) is 6.31. The lowest BCUT2D eigenvalue weighted by Crippen LogP contribution is -2.21. The van der Waals surface area contributed by atoms with Gasteiger partial charge in [-0.2, -0.15) is 0 Å². The van der Waals surface area contributed by atoms with Crippen molar-refractivity contribution in [2.45, 2.75) is 32.3 Å². The van der Waals surface area contributed by atoms with Crippen LogP contribution in [0.4, 0.5) is 0 Å². The average molecular weight is 159 g/mol. The number of rotatable bonds is 6. The van der Waals surface area contributed by atoms with E-state index in [0.717, 1.165) is 12.8 Å². The molecule has 3 nitrogen and oxygen atoms in total. The molecule has 0 saturated heterocycles. The predicted octanol–water partition coefficient (Wildman–Crippen LogP) is 0.311. The van der Waals surface area contributed by atoms with E-state index in [4.69, 9.17) is 10.8 Å². The van der Waals surface area contributed by atoms with E-state index in [2.05, 4.69) is 6.92 Å². The molecule has 0 amide bonds. The summed E-state index contributed by atoms with van der Waals surface area (Å²) < 4.78 is 0. The number of aliphatic hydroxyl groups excluding tert-OH is 1. The predicted molar refractivity (Wildman–Crippen MR) is 44.1 cm³/mol. The Labute approximate surface area is 67.6 Å². The van der Waals surface area contributed by atoms with E-state index in [9.17, 15) is 4.79 Å². The van der Waals surface area contributed by atoms with Crippen molar-refractivity contribution in [3.05, 3.63) is 0 Å². The van der Waals surface area contributed by atoms with E-state index in [1.807, 2.05) is 0 Å². The topological polar surface area (TPSA) is 63.3 Å². The Bertz CT molecular complexity index is 106. The van der Waals surface area contributed by atoms with Crippen LogP contribution in [0.3, 0.4) is 0 Å². The third-order valence-electron chi connectivity index (χ3n) is 1.76. The SMILES string of the molecule is CCCC(CN)CC(O)C=O. The number of nitrogens with two attached hydrogens (primary N) is 1. The largest absolute Gasteiger partial charge is 0.386 e. The highest BCUT2D eigenvalue weighted by molar-refractivity contribution is 5.55. The maximum atomic E-state index is 10.1. The zero-order valence-electron chi connectivity index (χ0n) is 6.99. The molecule has 0 rings (SSSR count). The maximum Gasteiger partial charge on any atom is 0.148 e. The fourth-order valence-electron chi connectivity index (χ4n) is 1.14. The van der Waals surface area contributed by atoms with Gasteiger partial charge in [-0.3, -0.25) is 0 Å². The molecule has 0 radical (unpaired) electrons. The molecule has 2 unspecified atom stereocenters. The van der Waals surface area contributed by atoms with Crippen molar-refractivity contribution in [3.63, 3.8) is 0 Å². The number of carbonyl (C=O) groups excluding carboxylic acids is 1. The Hall–Kier alpha value is -0.410. The minimum atomic E-state index is -0.824. The summed E-state index contributed by atoms with van der Waals surface area (Å²) in [5.74, 6) is 0.292. The molecule has 0 fully saturated rings. The molecule has 11 heavy (non-hydrogen) atoms. The van der Waals surface area contributed by atoms with Crippen LogP contribution < -0.4 is 5.73 Å². The van der Waals surface area contributed by atoms with Crippen molar-refractivity contribution in [1.29, 1.82) is 0 Å².